The normalized spacial score (nSPS) is 11.9. The Bertz CT molecular complexity index is 554. The summed E-state index contributed by atoms with van der Waals surface area (Å²) in [5, 5.41) is 8.87. The van der Waals surface area contributed by atoms with Gasteiger partial charge < -0.3 is 9.52 Å². The summed E-state index contributed by atoms with van der Waals surface area (Å²) in [4.78, 5) is 10.7. The number of furan rings is 1. The molecule has 0 saturated heterocycles. The Morgan fingerprint density at radius 3 is 2.56 bits per heavy atom. The zero-order valence-electron chi connectivity index (χ0n) is 7.71. The third-order valence-electron chi connectivity index (χ3n) is 2.05. The van der Waals surface area contributed by atoms with Crippen LogP contribution in [0.5, 0.6) is 0 Å². The number of carboxylic acids is 1. The van der Waals surface area contributed by atoms with E-state index < -0.39 is 17.9 Å². The molecule has 16 heavy (non-hydrogen) atoms. The number of aromatic carboxylic acids is 1. The van der Waals surface area contributed by atoms with Crippen molar-refractivity contribution in [1.29, 1.82) is 0 Å². The van der Waals surface area contributed by atoms with Gasteiger partial charge in [0.25, 0.3) is 0 Å². The van der Waals surface area contributed by atoms with Crippen LogP contribution in [-0.2, 0) is 6.18 Å². The van der Waals surface area contributed by atoms with Crippen LogP contribution in [0, 0.1) is 0 Å². The molecule has 1 heterocycles. The highest BCUT2D eigenvalue weighted by Gasteiger charge is 2.35. The van der Waals surface area contributed by atoms with Crippen molar-refractivity contribution < 1.29 is 27.5 Å². The third-order valence-corrected chi connectivity index (χ3v) is 2.05. The fourth-order valence-corrected chi connectivity index (χ4v) is 1.37. The lowest BCUT2D eigenvalue weighted by Crippen LogP contribution is -2.02. The quantitative estimate of drug-likeness (QED) is 0.818. The first-order valence-electron chi connectivity index (χ1n) is 4.22. The molecule has 1 aromatic carbocycles. The van der Waals surface area contributed by atoms with Crippen molar-refractivity contribution in [2.24, 2.45) is 0 Å². The summed E-state index contributed by atoms with van der Waals surface area (Å²) in [5.41, 5.74) is -0.546. The number of halogens is 3. The van der Waals surface area contributed by atoms with Crippen LogP contribution in [0.15, 0.2) is 28.7 Å². The molecule has 0 atom stereocenters. The van der Waals surface area contributed by atoms with E-state index in [0.29, 0.717) is 0 Å². The van der Waals surface area contributed by atoms with Gasteiger partial charge in [-0.2, -0.15) is 13.2 Å². The summed E-state index contributed by atoms with van der Waals surface area (Å²) in [6.45, 7) is 0. The highest BCUT2D eigenvalue weighted by atomic mass is 19.4. The van der Waals surface area contributed by atoms with E-state index in [1.165, 1.54) is 18.2 Å². The van der Waals surface area contributed by atoms with Gasteiger partial charge in [0.05, 0.1) is 0 Å². The maximum absolute atomic E-state index is 12.3. The van der Waals surface area contributed by atoms with Crippen LogP contribution >= 0.6 is 0 Å². The first-order chi connectivity index (χ1) is 7.39. The molecule has 1 aromatic heterocycles. The SMILES string of the molecule is O=C(O)c1cccc2cc(C(F)(F)F)oc12. The molecule has 0 aliphatic heterocycles. The average Bonchev–Trinajstić information content (AvgIpc) is 2.59. The zero-order valence-corrected chi connectivity index (χ0v) is 7.71. The van der Waals surface area contributed by atoms with E-state index in [9.17, 15) is 18.0 Å². The molecule has 1 N–H and O–H groups in total. The van der Waals surface area contributed by atoms with Crippen molar-refractivity contribution in [2.45, 2.75) is 6.18 Å². The lowest BCUT2D eigenvalue weighted by atomic mass is 10.1. The lowest BCUT2D eigenvalue weighted by Gasteiger charge is -1.99. The first-order valence-corrected chi connectivity index (χ1v) is 4.22. The number of hydrogen-bond acceptors (Lipinski definition) is 2. The molecule has 0 aliphatic rings. The van der Waals surface area contributed by atoms with Gasteiger partial charge in [0.1, 0.15) is 11.1 Å². The van der Waals surface area contributed by atoms with Crippen LogP contribution in [0.1, 0.15) is 16.1 Å². The molecule has 0 bridgehead atoms. The number of fused-ring (bicyclic) bond motifs is 1. The number of carbonyl (C=O) groups is 1. The van der Waals surface area contributed by atoms with E-state index in [1.807, 2.05) is 0 Å². The minimum Gasteiger partial charge on any atom is -0.478 e. The van der Waals surface area contributed by atoms with Crippen molar-refractivity contribution in [1.82, 2.24) is 0 Å². The van der Waals surface area contributed by atoms with Crippen molar-refractivity contribution in [3.05, 3.63) is 35.6 Å². The van der Waals surface area contributed by atoms with Gasteiger partial charge in [0.15, 0.2) is 0 Å². The molecule has 0 saturated carbocycles. The van der Waals surface area contributed by atoms with Crippen LogP contribution in [0.3, 0.4) is 0 Å². The second-order valence-corrected chi connectivity index (χ2v) is 3.14. The maximum atomic E-state index is 12.3. The van der Waals surface area contributed by atoms with Crippen LogP contribution < -0.4 is 0 Å². The summed E-state index contributed by atoms with van der Waals surface area (Å²) in [6, 6.07) is 4.69. The third kappa shape index (κ3) is 1.62. The number of alkyl halides is 3. The van der Waals surface area contributed by atoms with Crippen LogP contribution in [0.4, 0.5) is 13.2 Å². The summed E-state index contributed by atoms with van der Waals surface area (Å²) < 4.78 is 41.5. The van der Waals surface area contributed by atoms with Crippen LogP contribution in [0.25, 0.3) is 11.0 Å². The Morgan fingerprint density at radius 1 is 1.31 bits per heavy atom. The van der Waals surface area contributed by atoms with Gasteiger partial charge in [-0.3, -0.25) is 0 Å². The number of hydrogen-bond donors (Lipinski definition) is 1. The number of rotatable bonds is 1. The van der Waals surface area contributed by atoms with Gasteiger partial charge in [-0.25, -0.2) is 4.79 Å². The van der Waals surface area contributed by atoms with E-state index >= 15 is 0 Å². The molecule has 0 aliphatic carbocycles. The Kier molecular flexibility index (Phi) is 2.15. The molecule has 0 unspecified atom stereocenters. The van der Waals surface area contributed by atoms with Gasteiger partial charge in [-0.05, 0) is 12.1 Å². The summed E-state index contributed by atoms with van der Waals surface area (Å²) in [6.07, 6.45) is -4.62. The summed E-state index contributed by atoms with van der Waals surface area (Å²) >= 11 is 0. The predicted octanol–water partition coefficient (Wildman–Crippen LogP) is 3.15. The minimum absolute atomic E-state index is 0.118. The lowest BCUT2D eigenvalue weighted by molar-refractivity contribution is -0.152. The summed E-state index contributed by atoms with van der Waals surface area (Å²) in [7, 11) is 0. The number of benzene rings is 1. The molecule has 2 aromatic rings. The van der Waals surface area contributed by atoms with Crippen molar-refractivity contribution in [2.75, 3.05) is 0 Å². The molecule has 84 valence electrons. The van der Waals surface area contributed by atoms with E-state index in [4.69, 9.17) is 5.11 Å². The molecule has 3 nitrogen and oxygen atoms in total. The van der Waals surface area contributed by atoms with Gasteiger partial charge >= 0.3 is 12.1 Å². The average molecular weight is 230 g/mol. The fraction of sp³-hybridized carbons (Fsp3) is 0.100. The van der Waals surface area contributed by atoms with Crippen LogP contribution in [0.2, 0.25) is 0 Å². The zero-order chi connectivity index (χ0) is 11.9. The molecule has 0 spiro atoms. The first kappa shape index (κ1) is 10.5. The standard InChI is InChI=1S/C10H5F3O3/c11-10(12,13)7-4-5-2-1-3-6(9(14)15)8(5)16-7/h1-4H,(H,14,15). The van der Waals surface area contributed by atoms with Crippen molar-refractivity contribution >= 4 is 16.9 Å². The Balaban J connectivity index is 2.71. The molecule has 0 fully saturated rings. The van der Waals surface area contributed by atoms with E-state index in [2.05, 4.69) is 4.42 Å². The Hall–Kier alpha value is -1.98. The largest absolute Gasteiger partial charge is 0.478 e. The van der Waals surface area contributed by atoms with Crippen molar-refractivity contribution in [3.63, 3.8) is 0 Å². The smallest absolute Gasteiger partial charge is 0.449 e. The van der Waals surface area contributed by atoms with Gasteiger partial charge in [-0.15, -0.1) is 0 Å². The minimum atomic E-state index is -4.62. The highest BCUT2D eigenvalue weighted by Crippen LogP contribution is 2.34. The van der Waals surface area contributed by atoms with E-state index in [1.54, 1.807) is 0 Å². The molecule has 2 rings (SSSR count). The summed E-state index contributed by atoms with van der Waals surface area (Å²) in [5.74, 6) is -2.52. The molecular formula is C10H5F3O3. The molecule has 6 heteroatoms. The fourth-order valence-electron chi connectivity index (χ4n) is 1.37. The monoisotopic (exact) mass is 230 g/mol. The molecular weight excluding hydrogens is 225 g/mol. The van der Waals surface area contributed by atoms with Crippen LogP contribution in [-0.4, -0.2) is 11.1 Å². The predicted molar refractivity (Wildman–Crippen MR) is 48.2 cm³/mol. The molecule has 0 amide bonds. The van der Waals surface area contributed by atoms with E-state index in [0.717, 1.165) is 6.07 Å². The topological polar surface area (TPSA) is 50.4 Å². The van der Waals surface area contributed by atoms with Gasteiger partial charge in [0.2, 0.25) is 5.76 Å². The van der Waals surface area contributed by atoms with Gasteiger partial charge in [-0.1, -0.05) is 12.1 Å². The Labute approximate surface area is 87.1 Å². The van der Waals surface area contributed by atoms with Crippen molar-refractivity contribution in [3.8, 4) is 0 Å². The number of para-hydroxylation sites is 1. The second kappa shape index (κ2) is 3.26. The van der Waals surface area contributed by atoms with Gasteiger partial charge in [0, 0.05) is 5.39 Å². The Morgan fingerprint density at radius 2 is 2.00 bits per heavy atom. The maximum Gasteiger partial charge on any atom is 0.449 e. The second-order valence-electron chi connectivity index (χ2n) is 3.14. The number of carboxylic acid groups (broad SMARTS) is 1. The highest BCUT2D eigenvalue weighted by molar-refractivity contribution is 6.01. The van der Waals surface area contributed by atoms with E-state index in [-0.39, 0.29) is 16.5 Å². The molecule has 0 radical (unpaired) electrons.